The summed E-state index contributed by atoms with van der Waals surface area (Å²) in [7, 11) is 0. The number of fused-ring (bicyclic) bond motifs is 1. The van der Waals surface area contributed by atoms with Crippen LogP contribution in [-0.2, 0) is 6.54 Å². The number of anilines is 1. The number of benzene rings is 1. The third-order valence-corrected chi connectivity index (χ3v) is 4.32. The predicted octanol–water partition coefficient (Wildman–Crippen LogP) is 3.02. The summed E-state index contributed by atoms with van der Waals surface area (Å²) in [5.74, 6) is 0.524. The monoisotopic (exact) mass is 318 g/mol. The maximum Gasteiger partial charge on any atom is 0.251 e. The summed E-state index contributed by atoms with van der Waals surface area (Å²) in [6.45, 7) is 0.398. The third-order valence-electron chi connectivity index (χ3n) is 4.32. The molecule has 2 heterocycles. The number of aromatic nitrogens is 2. The second-order valence-electron chi connectivity index (χ2n) is 6.18. The van der Waals surface area contributed by atoms with E-state index in [9.17, 15) is 4.79 Å². The molecule has 1 amide bonds. The second kappa shape index (κ2) is 5.92. The van der Waals surface area contributed by atoms with E-state index in [1.165, 1.54) is 18.4 Å². The van der Waals surface area contributed by atoms with Crippen molar-refractivity contribution < 1.29 is 4.79 Å². The third kappa shape index (κ3) is 2.93. The second-order valence-corrected chi connectivity index (χ2v) is 6.18. The van der Waals surface area contributed by atoms with E-state index in [4.69, 9.17) is 5.73 Å². The molecule has 1 aliphatic rings. The molecule has 0 spiro atoms. The number of nitrogens with zero attached hydrogens (tertiary/aromatic N) is 2. The summed E-state index contributed by atoms with van der Waals surface area (Å²) in [5.41, 5.74) is 9.89. The molecule has 5 nitrogen and oxygen atoms in total. The van der Waals surface area contributed by atoms with Crippen molar-refractivity contribution in [1.29, 1.82) is 0 Å². The van der Waals surface area contributed by atoms with Crippen LogP contribution >= 0.6 is 0 Å². The summed E-state index contributed by atoms with van der Waals surface area (Å²) in [5, 5.41) is 3.75. The number of amides is 1. The van der Waals surface area contributed by atoms with E-state index < -0.39 is 0 Å². The van der Waals surface area contributed by atoms with Crippen molar-refractivity contribution >= 4 is 22.5 Å². The molecule has 1 fully saturated rings. The first-order chi connectivity index (χ1) is 11.7. The highest BCUT2D eigenvalue weighted by Gasteiger charge is 2.23. The van der Waals surface area contributed by atoms with E-state index in [2.05, 4.69) is 21.4 Å². The zero-order chi connectivity index (χ0) is 16.5. The van der Waals surface area contributed by atoms with Gasteiger partial charge in [0.15, 0.2) is 0 Å². The predicted molar refractivity (Wildman–Crippen MR) is 93.5 cm³/mol. The molecule has 120 valence electrons. The van der Waals surface area contributed by atoms with Crippen LogP contribution in [0.4, 0.5) is 5.69 Å². The number of nitrogen functional groups attached to an aromatic ring is 1. The van der Waals surface area contributed by atoms with E-state index >= 15 is 0 Å². The van der Waals surface area contributed by atoms with Gasteiger partial charge >= 0.3 is 0 Å². The van der Waals surface area contributed by atoms with Gasteiger partial charge in [-0.1, -0.05) is 12.1 Å². The Balaban J connectivity index is 1.47. The molecule has 5 heteroatoms. The molecule has 4 rings (SSSR count). The van der Waals surface area contributed by atoms with Gasteiger partial charge in [-0.05, 0) is 48.6 Å². The Bertz CT molecular complexity index is 901. The summed E-state index contributed by atoms with van der Waals surface area (Å²) in [6, 6.07) is 11.3. The van der Waals surface area contributed by atoms with E-state index in [0.29, 0.717) is 29.2 Å². The standard InChI is InChI=1S/C19H18N4O/c20-17-9-15(8-13-2-1-7-21-18(13)17)19(24)23-11-16-6-5-14(10-22-16)12-3-4-12/h1-2,5-10,12H,3-4,11,20H2,(H,23,24). The van der Waals surface area contributed by atoms with E-state index in [1.54, 1.807) is 18.3 Å². The lowest BCUT2D eigenvalue weighted by molar-refractivity contribution is 0.0950. The van der Waals surface area contributed by atoms with Gasteiger partial charge < -0.3 is 11.1 Å². The molecule has 0 atom stereocenters. The van der Waals surface area contributed by atoms with Crippen LogP contribution in [0.15, 0.2) is 48.8 Å². The fraction of sp³-hybridized carbons (Fsp3) is 0.211. The van der Waals surface area contributed by atoms with Gasteiger partial charge in [-0.25, -0.2) is 0 Å². The summed E-state index contributed by atoms with van der Waals surface area (Å²) >= 11 is 0. The SMILES string of the molecule is Nc1cc(C(=O)NCc2ccc(C3CC3)cn2)cc2cccnc12. The highest BCUT2D eigenvalue weighted by molar-refractivity contribution is 6.01. The number of hydrogen-bond acceptors (Lipinski definition) is 4. The lowest BCUT2D eigenvalue weighted by Crippen LogP contribution is -2.23. The van der Waals surface area contributed by atoms with E-state index in [-0.39, 0.29) is 5.91 Å². The number of rotatable bonds is 4. The normalized spacial score (nSPS) is 13.8. The van der Waals surface area contributed by atoms with Crippen LogP contribution in [-0.4, -0.2) is 15.9 Å². The minimum absolute atomic E-state index is 0.166. The molecule has 1 aromatic carbocycles. The number of nitrogens with one attached hydrogen (secondary N) is 1. The summed E-state index contributed by atoms with van der Waals surface area (Å²) < 4.78 is 0. The minimum Gasteiger partial charge on any atom is -0.397 e. The van der Waals surface area contributed by atoms with Crippen LogP contribution in [0.5, 0.6) is 0 Å². The minimum atomic E-state index is -0.166. The van der Waals surface area contributed by atoms with Gasteiger partial charge in [-0.2, -0.15) is 0 Å². The van der Waals surface area contributed by atoms with Gasteiger partial charge in [-0.3, -0.25) is 14.8 Å². The fourth-order valence-corrected chi connectivity index (χ4v) is 2.82. The van der Waals surface area contributed by atoms with Crippen molar-refractivity contribution in [3.8, 4) is 0 Å². The van der Waals surface area contributed by atoms with Gasteiger partial charge in [0.05, 0.1) is 23.4 Å². The lowest BCUT2D eigenvalue weighted by Gasteiger charge is -2.08. The Kier molecular flexibility index (Phi) is 3.61. The number of carbonyl (C=O) groups is 1. The van der Waals surface area contributed by atoms with Crippen LogP contribution in [0.3, 0.4) is 0 Å². The van der Waals surface area contributed by atoms with Crippen molar-refractivity contribution in [2.75, 3.05) is 5.73 Å². The largest absolute Gasteiger partial charge is 0.397 e. The van der Waals surface area contributed by atoms with Crippen LogP contribution in [0.2, 0.25) is 0 Å². The topological polar surface area (TPSA) is 80.9 Å². The molecule has 24 heavy (non-hydrogen) atoms. The molecule has 1 saturated carbocycles. The Morgan fingerprint density at radius 3 is 2.83 bits per heavy atom. The van der Waals surface area contributed by atoms with Crippen molar-refractivity contribution in [2.45, 2.75) is 25.3 Å². The molecule has 0 saturated heterocycles. The van der Waals surface area contributed by atoms with Gasteiger partial charge in [0, 0.05) is 23.3 Å². The Labute approximate surface area is 139 Å². The number of carbonyl (C=O) groups excluding carboxylic acids is 1. The van der Waals surface area contributed by atoms with E-state index in [0.717, 1.165) is 11.1 Å². The molecular formula is C19H18N4O. The summed E-state index contributed by atoms with van der Waals surface area (Å²) in [4.78, 5) is 21.0. The average molecular weight is 318 g/mol. The van der Waals surface area contributed by atoms with Crippen LogP contribution in [0.25, 0.3) is 10.9 Å². The number of pyridine rings is 2. The lowest BCUT2D eigenvalue weighted by atomic mass is 10.1. The zero-order valence-corrected chi connectivity index (χ0v) is 13.2. The van der Waals surface area contributed by atoms with Crippen molar-refractivity contribution in [2.24, 2.45) is 0 Å². The van der Waals surface area contributed by atoms with Crippen molar-refractivity contribution in [3.05, 3.63) is 65.6 Å². The maximum absolute atomic E-state index is 12.4. The van der Waals surface area contributed by atoms with Crippen LogP contribution in [0, 0.1) is 0 Å². The van der Waals surface area contributed by atoms with Gasteiger partial charge in [-0.15, -0.1) is 0 Å². The smallest absolute Gasteiger partial charge is 0.251 e. The molecule has 0 aliphatic heterocycles. The highest BCUT2D eigenvalue weighted by atomic mass is 16.1. The summed E-state index contributed by atoms with van der Waals surface area (Å²) in [6.07, 6.45) is 6.13. The molecule has 3 aromatic rings. The van der Waals surface area contributed by atoms with Crippen molar-refractivity contribution in [3.63, 3.8) is 0 Å². The van der Waals surface area contributed by atoms with Gasteiger partial charge in [0.1, 0.15) is 0 Å². The van der Waals surface area contributed by atoms with Crippen molar-refractivity contribution in [1.82, 2.24) is 15.3 Å². The molecule has 3 N–H and O–H groups in total. The first kappa shape index (κ1) is 14.6. The maximum atomic E-state index is 12.4. The molecule has 1 aliphatic carbocycles. The van der Waals surface area contributed by atoms with E-state index in [1.807, 2.05) is 24.4 Å². The Hall–Kier alpha value is -2.95. The average Bonchev–Trinajstić information content (AvgIpc) is 3.45. The Morgan fingerprint density at radius 1 is 1.21 bits per heavy atom. The van der Waals surface area contributed by atoms with Crippen LogP contribution in [0.1, 0.15) is 40.4 Å². The molecular weight excluding hydrogens is 300 g/mol. The number of hydrogen-bond donors (Lipinski definition) is 2. The van der Waals surface area contributed by atoms with Gasteiger partial charge in [0.2, 0.25) is 0 Å². The quantitative estimate of drug-likeness (QED) is 0.725. The molecule has 0 bridgehead atoms. The first-order valence-electron chi connectivity index (χ1n) is 8.08. The fourth-order valence-electron chi connectivity index (χ4n) is 2.82. The van der Waals surface area contributed by atoms with Crippen LogP contribution < -0.4 is 11.1 Å². The zero-order valence-electron chi connectivity index (χ0n) is 13.2. The molecule has 0 unspecified atom stereocenters. The highest BCUT2D eigenvalue weighted by Crippen LogP contribution is 2.39. The number of nitrogens with two attached hydrogens (primary N) is 1. The van der Waals surface area contributed by atoms with Gasteiger partial charge in [0.25, 0.3) is 5.91 Å². The molecule has 2 aromatic heterocycles. The Morgan fingerprint density at radius 2 is 2.08 bits per heavy atom. The molecule has 0 radical (unpaired) electrons. The first-order valence-corrected chi connectivity index (χ1v) is 8.08.